The van der Waals surface area contributed by atoms with Gasteiger partial charge in [0.15, 0.2) is 0 Å². The quantitative estimate of drug-likeness (QED) is 0.378. The van der Waals surface area contributed by atoms with Gasteiger partial charge in [0, 0.05) is 13.1 Å². The van der Waals surface area contributed by atoms with E-state index in [-0.39, 0.29) is 31.2 Å². The Balaban J connectivity index is 1.89. The first-order valence-corrected chi connectivity index (χ1v) is 12.8. The van der Waals surface area contributed by atoms with Crippen LogP contribution in [0.3, 0.4) is 0 Å². The van der Waals surface area contributed by atoms with Gasteiger partial charge in [0.2, 0.25) is 10.0 Å². The number of esters is 2. The summed E-state index contributed by atoms with van der Waals surface area (Å²) in [6.45, 7) is 6.11. The molecule has 3 aromatic rings. The van der Waals surface area contributed by atoms with E-state index in [2.05, 4.69) is 0 Å². The average molecular weight is 496 g/mol. The highest BCUT2D eigenvalue weighted by Crippen LogP contribution is 2.22. The van der Waals surface area contributed by atoms with Crippen molar-refractivity contribution in [3.8, 4) is 0 Å². The molecule has 0 atom stereocenters. The van der Waals surface area contributed by atoms with Crippen molar-refractivity contribution in [2.45, 2.75) is 38.8 Å². The van der Waals surface area contributed by atoms with Gasteiger partial charge in [-0.05, 0) is 68.3 Å². The number of benzene rings is 3. The minimum Gasteiger partial charge on any atom is -0.462 e. The smallest absolute Gasteiger partial charge is 0.338 e. The number of sulfonamides is 1. The van der Waals surface area contributed by atoms with Gasteiger partial charge in [-0.15, -0.1) is 0 Å². The molecule has 0 unspecified atom stereocenters. The van der Waals surface area contributed by atoms with Gasteiger partial charge in [0.1, 0.15) is 0 Å². The maximum absolute atomic E-state index is 13.6. The molecule has 0 amide bonds. The van der Waals surface area contributed by atoms with Crippen LogP contribution in [0.2, 0.25) is 0 Å². The topological polar surface area (TPSA) is 90.0 Å². The molecule has 3 aromatic carbocycles. The number of rotatable bonds is 10. The predicted molar refractivity (Wildman–Crippen MR) is 132 cm³/mol. The number of ether oxygens (including phenoxy) is 2. The number of hydrogen-bond acceptors (Lipinski definition) is 6. The lowest BCUT2D eigenvalue weighted by Crippen LogP contribution is -2.30. The molecular formula is C27H29NO6S. The maximum Gasteiger partial charge on any atom is 0.338 e. The summed E-state index contributed by atoms with van der Waals surface area (Å²) in [5, 5.41) is 0. The highest BCUT2D eigenvalue weighted by molar-refractivity contribution is 7.89. The summed E-state index contributed by atoms with van der Waals surface area (Å²) < 4.78 is 38.5. The van der Waals surface area contributed by atoms with Crippen molar-refractivity contribution in [1.82, 2.24) is 4.31 Å². The third-order valence-corrected chi connectivity index (χ3v) is 7.11. The van der Waals surface area contributed by atoms with E-state index < -0.39 is 22.0 Å². The monoisotopic (exact) mass is 495 g/mol. The van der Waals surface area contributed by atoms with Crippen molar-refractivity contribution in [2.75, 3.05) is 13.2 Å². The molecular weight excluding hydrogens is 466 g/mol. The Morgan fingerprint density at radius 2 is 1.09 bits per heavy atom. The number of hydrogen-bond donors (Lipinski definition) is 0. The van der Waals surface area contributed by atoms with Gasteiger partial charge in [-0.2, -0.15) is 4.31 Å². The SMILES string of the molecule is CCOC(=O)c1ccc(CN(Cc2ccc(C(=O)OCC)cc2)S(=O)(=O)c2ccc(C)cc2)cc1. The Labute approximate surface area is 206 Å². The molecule has 0 aromatic heterocycles. The molecule has 35 heavy (non-hydrogen) atoms. The molecule has 0 aliphatic carbocycles. The number of nitrogens with zero attached hydrogens (tertiary/aromatic N) is 1. The molecule has 184 valence electrons. The van der Waals surface area contributed by atoms with Crippen LogP contribution >= 0.6 is 0 Å². The van der Waals surface area contributed by atoms with Crippen LogP contribution in [0, 0.1) is 6.92 Å². The van der Waals surface area contributed by atoms with Crippen LogP contribution in [0.4, 0.5) is 0 Å². The molecule has 8 heteroatoms. The predicted octanol–water partition coefficient (Wildman–Crippen LogP) is 4.74. The molecule has 0 aliphatic rings. The zero-order chi connectivity index (χ0) is 25.4. The Kier molecular flexibility index (Phi) is 8.78. The molecule has 0 saturated carbocycles. The van der Waals surface area contributed by atoms with Crippen molar-refractivity contribution >= 4 is 22.0 Å². The minimum atomic E-state index is -3.83. The lowest BCUT2D eigenvalue weighted by atomic mass is 10.1. The molecule has 7 nitrogen and oxygen atoms in total. The molecule has 0 heterocycles. The number of aryl methyl sites for hydroxylation is 1. The fraction of sp³-hybridized carbons (Fsp3) is 0.259. The highest BCUT2D eigenvalue weighted by atomic mass is 32.2. The van der Waals surface area contributed by atoms with E-state index in [1.54, 1.807) is 86.6 Å². The Morgan fingerprint density at radius 3 is 1.46 bits per heavy atom. The van der Waals surface area contributed by atoms with Crippen LogP contribution in [0.1, 0.15) is 51.3 Å². The summed E-state index contributed by atoms with van der Waals surface area (Å²) in [6.07, 6.45) is 0. The summed E-state index contributed by atoms with van der Waals surface area (Å²) in [5.41, 5.74) is 3.20. The van der Waals surface area contributed by atoms with Crippen LogP contribution in [-0.2, 0) is 32.6 Å². The van der Waals surface area contributed by atoms with Gasteiger partial charge < -0.3 is 9.47 Å². The normalized spacial score (nSPS) is 11.3. The number of carbonyl (C=O) groups excluding carboxylic acids is 2. The van der Waals surface area contributed by atoms with E-state index in [1.807, 2.05) is 6.92 Å². The zero-order valence-electron chi connectivity index (χ0n) is 20.1. The van der Waals surface area contributed by atoms with Gasteiger partial charge in [0.25, 0.3) is 0 Å². The van der Waals surface area contributed by atoms with Gasteiger partial charge >= 0.3 is 11.9 Å². The van der Waals surface area contributed by atoms with E-state index in [0.29, 0.717) is 11.1 Å². The van der Waals surface area contributed by atoms with Gasteiger partial charge in [0.05, 0.1) is 29.2 Å². The third kappa shape index (κ3) is 6.77. The van der Waals surface area contributed by atoms with Crippen LogP contribution in [-0.4, -0.2) is 37.9 Å². The fourth-order valence-corrected chi connectivity index (χ4v) is 4.83. The molecule has 0 fully saturated rings. The Hall–Kier alpha value is -3.49. The van der Waals surface area contributed by atoms with Crippen LogP contribution in [0.5, 0.6) is 0 Å². The van der Waals surface area contributed by atoms with E-state index >= 15 is 0 Å². The number of carbonyl (C=O) groups is 2. The van der Waals surface area contributed by atoms with Crippen molar-refractivity contribution < 1.29 is 27.5 Å². The van der Waals surface area contributed by atoms with Crippen LogP contribution in [0.15, 0.2) is 77.7 Å². The van der Waals surface area contributed by atoms with Gasteiger partial charge in [-0.1, -0.05) is 42.0 Å². The minimum absolute atomic E-state index is 0.0962. The molecule has 0 N–H and O–H groups in total. The van der Waals surface area contributed by atoms with Crippen LogP contribution < -0.4 is 0 Å². The van der Waals surface area contributed by atoms with E-state index in [0.717, 1.165) is 16.7 Å². The van der Waals surface area contributed by atoms with Crippen molar-refractivity contribution in [3.63, 3.8) is 0 Å². The molecule has 3 rings (SSSR count). The molecule has 0 bridgehead atoms. The lowest BCUT2D eigenvalue weighted by molar-refractivity contribution is 0.0516. The second-order valence-electron chi connectivity index (χ2n) is 7.92. The molecule has 0 aliphatic heterocycles. The van der Waals surface area contributed by atoms with Gasteiger partial charge in [-0.3, -0.25) is 0 Å². The lowest BCUT2D eigenvalue weighted by Gasteiger charge is -2.23. The summed E-state index contributed by atoms with van der Waals surface area (Å²) in [7, 11) is -3.83. The van der Waals surface area contributed by atoms with Crippen molar-refractivity contribution in [2.24, 2.45) is 0 Å². The first kappa shape index (κ1) is 26.1. The first-order chi connectivity index (χ1) is 16.7. The standard InChI is InChI=1S/C27H29NO6S/c1-4-33-26(29)23-12-8-21(9-13-23)18-28(35(31,32)25-16-6-20(3)7-17-25)19-22-10-14-24(15-11-22)27(30)34-5-2/h6-17H,4-5,18-19H2,1-3H3. The summed E-state index contributed by atoms with van der Waals surface area (Å²) in [4.78, 5) is 24.1. The maximum atomic E-state index is 13.6. The Bertz CT molecular complexity index is 1190. The fourth-order valence-electron chi connectivity index (χ4n) is 3.41. The zero-order valence-corrected chi connectivity index (χ0v) is 20.9. The molecule has 0 spiro atoms. The van der Waals surface area contributed by atoms with Gasteiger partial charge in [-0.25, -0.2) is 18.0 Å². The largest absolute Gasteiger partial charge is 0.462 e. The molecule has 0 radical (unpaired) electrons. The second-order valence-corrected chi connectivity index (χ2v) is 9.86. The summed E-state index contributed by atoms with van der Waals surface area (Å²) in [6, 6.07) is 20.0. The van der Waals surface area contributed by atoms with E-state index in [4.69, 9.17) is 9.47 Å². The van der Waals surface area contributed by atoms with E-state index in [1.165, 1.54) is 4.31 Å². The van der Waals surface area contributed by atoms with Crippen LogP contribution in [0.25, 0.3) is 0 Å². The van der Waals surface area contributed by atoms with Crippen molar-refractivity contribution in [3.05, 3.63) is 101 Å². The summed E-state index contributed by atoms with van der Waals surface area (Å²) >= 11 is 0. The highest BCUT2D eigenvalue weighted by Gasteiger charge is 2.25. The Morgan fingerprint density at radius 1 is 0.686 bits per heavy atom. The second kappa shape index (κ2) is 11.8. The average Bonchev–Trinajstić information content (AvgIpc) is 2.85. The van der Waals surface area contributed by atoms with Crippen molar-refractivity contribution in [1.29, 1.82) is 0 Å². The molecule has 0 saturated heterocycles. The third-order valence-electron chi connectivity index (χ3n) is 5.31. The first-order valence-electron chi connectivity index (χ1n) is 11.3. The van der Waals surface area contributed by atoms with E-state index in [9.17, 15) is 18.0 Å². The summed E-state index contributed by atoms with van der Waals surface area (Å²) in [5.74, 6) is -0.852.